The van der Waals surface area contributed by atoms with E-state index in [1.54, 1.807) is 35.6 Å². The Labute approximate surface area is 762 Å². The Morgan fingerprint density at radius 1 is 0.389 bits per heavy atom. The van der Waals surface area contributed by atoms with Crippen LogP contribution >= 0.6 is 0 Å². The second-order valence-corrected chi connectivity index (χ2v) is 34.8. The predicted octanol–water partition coefficient (Wildman–Crippen LogP) is 22.8. The summed E-state index contributed by atoms with van der Waals surface area (Å²) in [6, 6.07) is 60.1. The van der Waals surface area contributed by atoms with Crippen molar-refractivity contribution in [2.75, 3.05) is 6.61 Å². The van der Waals surface area contributed by atoms with Crippen LogP contribution in [-0.4, -0.2) is 149 Å². The molecule has 2 atom stereocenters. The maximum absolute atomic E-state index is 12.9. The molecular formula is C102H118N18O11. The molecule has 2 aliphatic rings. The lowest BCUT2D eigenvalue weighted by molar-refractivity contribution is 0.0518. The third-order valence-corrected chi connectivity index (χ3v) is 22.6. The van der Waals surface area contributed by atoms with E-state index in [1.165, 1.54) is 67.3 Å². The van der Waals surface area contributed by atoms with E-state index < -0.39 is 30.0 Å². The highest BCUT2D eigenvalue weighted by atomic mass is 16.6. The smallest absolute Gasteiger partial charge is 0.437 e. The molecule has 7 aromatic heterocycles. The molecule has 16 aromatic rings. The Kier molecular flexibility index (Phi) is 33.1. The van der Waals surface area contributed by atoms with Gasteiger partial charge >= 0.3 is 24.4 Å². The van der Waals surface area contributed by atoms with Gasteiger partial charge in [0.1, 0.15) is 69.8 Å². The van der Waals surface area contributed by atoms with Gasteiger partial charge in [-0.15, -0.1) is 34.4 Å². The number of nitrogens with zero attached hydrogens (tertiary/aromatic N) is 18. The van der Waals surface area contributed by atoms with E-state index in [9.17, 15) is 33.6 Å². The quantitative estimate of drug-likeness (QED) is 0.0913. The molecule has 7 heterocycles. The molecule has 2 aliphatic carbocycles. The Hall–Kier alpha value is -14.1. The fourth-order valence-electron chi connectivity index (χ4n) is 15.5. The Bertz CT molecular complexity index is 6490. The maximum Gasteiger partial charge on any atom is 0.437 e. The minimum Gasteiger partial charge on any atom is -0.448 e. The predicted molar refractivity (Wildman–Crippen MR) is 508 cm³/mol. The second kappa shape index (κ2) is 45.2. The van der Waals surface area contributed by atoms with Gasteiger partial charge in [0.25, 0.3) is 5.91 Å². The summed E-state index contributed by atoms with van der Waals surface area (Å²) in [5, 5.41) is 31.5. The van der Waals surface area contributed by atoms with E-state index in [-0.39, 0.29) is 48.2 Å². The molecule has 2 fully saturated rings. The van der Waals surface area contributed by atoms with Crippen LogP contribution in [0.25, 0.3) is 77.2 Å². The summed E-state index contributed by atoms with van der Waals surface area (Å²) in [6.45, 7) is 30.1. The number of carbonyl (C=O) groups excluding carboxylic acids is 7. The molecule has 682 valence electrons. The van der Waals surface area contributed by atoms with Gasteiger partial charge in [0, 0.05) is 11.8 Å². The molecule has 2 unspecified atom stereocenters. The Balaban J connectivity index is 0.000000138. The summed E-state index contributed by atoms with van der Waals surface area (Å²) in [6.07, 6.45) is 19.2. The number of benzene rings is 9. The topological polar surface area (TPSA) is 333 Å². The van der Waals surface area contributed by atoms with Gasteiger partial charge in [-0.2, -0.15) is 4.68 Å². The molecule has 18 rings (SSSR count). The molecule has 0 bridgehead atoms. The van der Waals surface area contributed by atoms with Gasteiger partial charge in [-0.05, 0) is 263 Å². The summed E-state index contributed by atoms with van der Waals surface area (Å²) in [5.41, 5.74) is 20.2. The Morgan fingerprint density at radius 3 is 1.19 bits per heavy atom. The molecule has 29 nitrogen and oxygen atoms in total. The molecule has 0 aliphatic heterocycles. The molecule has 9 aromatic carbocycles. The van der Waals surface area contributed by atoms with Crippen LogP contribution in [0.5, 0.6) is 0 Å². The normalized spacial score (nSPS) is 13.2. The van der Waals surface area contributed by atoms with Crippen LogP contribution in [0.15, 0.2) is 207 Å². The zero-order valence-corrected chi connectivity index (χ0v) is 77.6. The monoisotopic (exact) mass is 1770 g/mol. The van der Waals surface area contributed by atoms with Crippen LogP contribution in [0.2, 0.25) is 0 Å². The number of ether oxygens (including phenoxy) is 4. The summed E-state index contributed by atoms with van der Waals surface area (Å²) >= 11 is 0. The van der Waals surface area contributed by atoms with Gasteiger partial charge in [0.05, 0.1) is 57.2 Å². The molecule has 0 spiro atoms. The van der Waals surface area contributed by atoms with Crippen molar-refractivity contribution in [3.8, 4) is 0 Å². The van der Waals surface area contributed by atoms with Crippen LogP contribution in [0, 0.1) is 66.2 Å². The van der Waals surface area contributed by atoms with Crippen LogP contribution in [0.3, 0.4) is 0 Å². The van der Waals surface area contributed by atoms with E-state index in [1.807, 2.05) is 264 Å². The fraction of sp³-hybridized carbons (Fsp3) is 0.373. The van der Waals surface area contributed by atoms with Crippen molar-refractivity contribution in [1.29, 1.82) is 0 Å². The lowest BCUT2D eigenvalue weighted by atomic mass is 9.88. The van der Waals surface area contributed by atoms with Crippen molar-refractivity contribution in [1.82, 2.24) is 88.6 Å². The summed E-state index contributed by atoms with van der Waals surface area (Å²) in [5.74, 6) is 1.02. The number of imidazole rings is 3. The largest absolute Gasteiger partial charge is 0.448 e. The average Bonchev–Trinajstić information content (AvgIpc) is 1.60. The number of aromatic nitrogens is 18. The van der Waals surface area contributed by atoms with Crippen molar-refractivity contribution >= 4 is 119 Å². The molecule has 2 saturated carbocycles. The zero-order chi connectivity index (χ0) is 93.4. The second-order valence-electron chi connectivity index (χ2n) is 34.8. The molecule has 0 radical (unpaired) electrons. The van der Waals surface area contributed by atoms with E-state index in [0.717, 1.165) is 153 Å². The SMILES string of the molecule is CCC(C(=O)n1cnc2cc(C)ccc21)c1ccccc1.CCCCC(CC)COC(=O)n1nnc2cc(C)ccc21.Cc1ccc2c(c1)ncn2C(=O)C1CCCCC1.Cc1ccc2c(c1)ncn2C(=O)OCc1ccccc1.Cc1ccc2c(c1)nnn2C(=O)C1CCCCC1.Cc1ccc2c(c1)nnn2C(=O)OC(C)(C)C.Cc1ccc2c(c1)nnn2C(=O)OC(C)C. The lowest BCUT2D eigenvalue weighted by Crippen LogP contribution is -2.27. The fourth-order valence-corrected chi connectivity index (χ4v) is 15.5. The van der Waals surface area contributed by atoms with Gasteiger partial charge in [0.2, 0.25) is 11.8 Å². The van der Waals surface area contributed by atoms with Crippen molar-refractivity contribution in [3.05, 3.63) is 257 Å². The summed E-state index contributed by atoms with van der Waals surface area (Å²) in [4.78, 5) is 98.4. The first-order valence-electron chi connectivity index (χ1n) is 45.1. The number of fused-ring (bicyclic) bond motifs is 7. The van der Waals surface area contributed by atoms with Crippen molar-refractivity contribution in [3.63, 3.8) is 0 Å². The van der Waals surface area contributed by atoms with Crippen LogP contribution in [-0.2, 0) is 25.6 Å². The van der Waals surface area contributed by atoms with Crippen LogP contribution < -0.4 is 0 Å². The first-order valence-corrected chi connectivity index (χ1v) is 45.1. The minimum absolute atomic E-state index is 0.0788. The molecule has 0 N–H and O–H groups in total. The average molecular weight is 1770 g/mol. The standard InChI is InChI=1S/C18H18N2O.C16H23N3O2.C16H14N2O2.C15H18N2O.C14H17N3O.C12H15N3O2.C11H13N3O2/c1-3-15(14-7-5-4-6-8-14)18(21)20-12-19-16-11-13(2)9-10-17(16)20;1-4-6-7-13(5-2)11-21-16(20)19-15-9-8-12(3)10-14(15)17-18-19;1-12-7-8-15-14(9-12)17-11-18(15)16(19)20-10-13-5-3-2-4-6-13;1-11-7-8-14-13(9-11)16-10-17(14)15(18)12-5-3-2-4-6-12;1-10-7-8-13-12(9-10)15-16-17(13)14(18)11-5-3-2-4-6-11;1-8-5-6-10-9(7-8)13-14-15(10)11(16)17-12(2,3)4;1-7(2)16-11(15)14-10-5-4-8(3)6-9(10)12-13-14/h4-12,15H,3H2,1-2H3;8-10,13H,4-7,11H2,1-3H3;2-9,11H,10H2,1H3;7-10,12H,2-6H2,1H3;7-9,11H,2-6H2,1H3;5-7H,1-4H3;4-7H,1-3H3. The molecular weight excluding hydrogens is 1650 g/mol. The highest BCUT2D eigenvalue weighted by molar-refractivity contribution is 5.96. The van der Waals surface area contributed by atoms with Crippen LogP contribution in [0.1, 0.15) is 222 Å². The summed E-state index contributed by atoms with van der Waals surface area (Å²) < 4.78 is 30.9. The van der Waals surface area contributed by atoms with Crippen molar-refractivity contribution in [2.45, 2.75) is 224 Å². The first-order chi connectivity index (χ1) is 63.0. The Morgan fingerprint density at radius 2 is 0.763 bits per heavy atom. The number of carbonyl (C=O) groups is 7. The van der Waals surface area contributed by atoms with E-state index in [4.69, 9.17) is 18.9 Å². The van der Waals surface area contributed by atoms with Gasteiger partial charge in [-0.3, -0.25) is 23.5 Å². The van der Waals surface area contributed by atoms with Gasteiger partial charge < -0.3 is 18.9 Å². The molecule has 131 heavy (non-hydrogen) atoms. The van der Waals surface area contributed by atoms with Crippen molar-refractivity contribution in [2.24, 2.45) is 17.8 Å². The third kappa shape index (κ3) is 25.5. The van der Waals surface area contributed by atoms with E-state index in [2.05, 4.69) is 70.0 Å². The maximum atomic E-state index is 12.9. The third-order valence-electron chi connectivity index (χ3n) is 22.6. The lowest BCUT2D eigenvalue weighted by Gasteiger charge is -2.20. The first kappa shape index (κ1) is 96.0. The highest BCUT2D eigenvalue weighted by Gasteiger charge is 2.28. The van der Waals surface area contributed by atoms with E-state index >= 15 is 0 Å². The number of hydrogen-bond donors (Lipinski definition) is 0. The van der Waals surface area contributed by atoms with Crippen molar-refractivity contribution < 1.29 is 52.5 Å². The summed E-state index contributed by atoms with van der Waals surface area (Å²) in [7, 11) is 0. The zero-order valence-electron chi connectivity index (χ0n) is 77.6. The minimum atomic E-state index is -0.542. The number of unbranched alkanes of at least 4 members (excludes halogenated alkanes) is 1. The van der Waals surface area contributed by atoms with Gasteiger partial charge in [0.15, 0.2) is 0 Å². The highest BCUT2D eigenvalue weighted by Crippen LogP contribution is 2.31. The molecule has 0 saturated heterocycles. The van der Waals surface area contributed by atoms with E-state index in [0.29, 0.717) is 45.6 Å². The number of hydrogen-bond acceptors (Lipinski definition) is 22. The van der Waals surface area contributed by atoms with Gasteiger partial charge in [-0.1, -0.05) is 203 Å². The number of aryl methyl sites for hydroxylation is 7. The number of rotatable bonds is 14. The molecule has 0 amide bonds. The van der Waals surface area contributed by atoms with Gasteiger partial charge in [-0.25, -0.2) is 38.7 Å². The van der Waals surface area contributed by atoms with Crippen LogP contribution in [0.4, 0.5) is 19.2 Å². The molecule has 29 heteroatoms.